The van der Waals surface area contributed by atoms with Crippen molar-refractivity contribution >= 4 is 11.6 Å². The molecule has 0 bridgehead atoms. The third-order valence-electron chi connectivity index (χ3n) is 3.74. The van der Waals surface area contributed by atoms with Gasteiger partial charge in [-0.2, -0.15) is 4.98 Å². The van der Waals surface area contributed by atoms with Gasteiger partial charge in [0.2, 0.25) is 5.91 Å². The lowest BCUT2D eigenvalue weighted by Gasteiger charge is -2.10. The van der Waals surface area contributed by atoms with E-state index in [1.54, 1.807) is 35.0 Å². The van der Waals surface area contributed by atoms with Crippen LogP contribution in [0.4, 0.5) is 10.1 Å². The highest BCUT2D eigenvalue weighted by molar-refractivity contribution is 5.92. The average Bonchev–Trinajstić information content (AvgIpc) is 3.06. The van der Waals surface area contributed by atoms with Crippen LogP contribution in [0.2, 0.25) is 0 Å². The molecule has 2 aromatic carbocycles. The number of ether oxygens (including phenoxy) is 1. The Kier molecular flexibility index (Phi) is 4.97. The van der Waals surface area contributed by atoms with Crippen molar-refractivity contribution in [2.45, 2.75) is 13.8 Å². The van der Waals surface area contributed by atoms with E-state index in [-0.39, 0.29) is 23.7 Å². The number of halogens is 1. The van der Waals surface area contributed by atoms with E-state index in [9.17, 15) is 9.18 Å². The Morgan fingerprint density at radius 2 is 1.96 bits per heavy atom. The first-order chi connectivity index (χ1) is 12.5. The van der Waals surface area contributed by atoms with Gasteiger partial charge < -0.3 is 10.1 Å². The number of nitrogens with one attached hydrogen (secondary N) is 1. The summed E-state index contributed by atoms with van der Waals surface area (Å²) in [7, 11) is 1.47. The second-order valence-corrected chi connectivity index (χ2v) is 6.04. The van der Waals surface area contributed by atoms with Crippen molar-refractivity contribution in [2.75, 3.05) is 12.4 Å². The lowest BCUT2D eigenvalue weighted by Crippen LogP contribution is -2.17. The van der Waals surface area contributed by atoms with Crippen LogP contribution in [0.15, 0.2) is 48.5 Å². The van der Waals surface area contributed by atoms with Crippen molar-refractivity contribution in [3.05, 3.63) is 54.3 Å². The summed E-state index contributed by atoms with van der Waals surface area (Å²) in [4.78, 5) is 16.2. The molecule has 0 atom stereocenters. The molecule has 1 heterocycles. The zero-order valence-electron chi connectivity index (χ0n) is 14.7. The molecular weight excluding hydrogens is 335 g/mol. The van der Waals surface area contributed by atoms with Crippen LogP contribution < -0.4 is 10.1 Å². The third-order valence-corrected chi connectivity index (χ3v) is 3.74. The Hall–Kier alpha value is -3.22. The molecule has 0 fully saturated rings. The van der Waals surface area contributed by atoms with Crippen LogP contribution in [0.5, 0.6) is 6.01 Å². The zero-order valence-corrected chi connectivity index (χ0v) is 14.7. The molecule has 0 saturated carbocycles. The molecule has 0 saturated heterocycles. The monoisotopic (exact) mass is 354 g/mol. The van der Waals surface area contributed by atoms with Crippen LogP contribution >= 0.6 is 0 Å². The average molecular weight is 354 g/mol. The van der Waals surface area contributed by atoms with E-state index in [1.165, 1.54) is 19.2 Å². The Morgan fingerprint density at radius 3 is 2.65 bits per heavy atom. The van der Waals surface area contributed by atoms with E-state index in [0.717, 1.165) is 0 Å². The maximum Gasteiger partial charge on any atom is 0.336 e. The van der Waals surface area contributed by atoms with E-state index in [0.29, 0.717) is 22.8 Å². The minimum atomic E-state index is -0.367. The number of methoxy groups -OCH3 is 1. The number of aromatic nitrogens is 3. The summed E-state index contributed by atoms with van der Waals surface area (Å²) in [6, 6.07) is 13.4. The standard InChI is InChI=1S/C19H19FN4O2/c1-12(2)18(25)21-15-8-5-9-16(11-15)24-17(22-19(23-24)26-3)13-6-4-7-14(20)10-13/h4-12H,1-3H3,(H,21,25). The van der Waals surface area contributed by atoms with Crippen molar-refractivity contribution in [1.29, 1.82) is 0 Å². The Morgan fingerprint density at radius 1 is 1.19 bits per heavy atom. The number of hydrogen-bond acceptors (Lipinski definition) is 4. The largest absolute Gasteiger partial charge is 0.466 e. The molecule has 134 valence electrons. The predicted octanol–water partition coefficient (Wildman–Crippen LogP) is 3.68. The summed E-state index contributed by atoms with van der Waals surface area (Å²) in [5, 5.41) is 7.16. The van der Waals surface area contributed by atoms with Gasteiger partial charge in [0, 0.05) is 17.2 Å². The van der Waals surface area contributed by atoms with Gasteiger partial charge in [0.05, 0.1) is 12.8 Å². The molecule has 6 nitrogen and oxygen atoms in total. The van der Waals surface area contributed by atoms with Crippen LogP contribution in [0.3, 0.4) is 0 Å². The summed E-state index contributed by atoms with van der Waals surface area (Å²) >= 11 is 0. The van der Waals surface area contributed by atoms with Crippen molar-refractivity contribution in [3.63, 3.8) is 0 Å². The molecule has 7 heteroatoms. The number of carbonyl (C=O) groups excluding carboxylic acids is 1. The summed E-state index contributed by atoms with van der Waals surface area (Å²) in [6.45, 7) is 3.65. The van der Waals surface area contributed by atoms with Crippen LogP contribution in [-0.2, 0) is 4.79 Å². The number of rotatable bonds is 5. The van der Waals surface area contributed by atoms with Crippen LogP contribution in [0.1, 0.15) is 13.8 Å². The summed E-state index contributed by atoms with van der Waals surface area (Å²) < 4.78 is 20.3. The first-order valence-electron chi connectivity index (χ1n) is 8.16. The number of benzene rings is 2. The molecule has 0 aliphatic heterocycles. The molecule has 3 aromatic rings. The van der Waals surface area contributed by atoms with Gasteiger partial charge in [0.25, 0.3) is 0 Å². The van der Waals surface area contributed by atoms with Gasteiger partial charge in [-0.1, -0.05) is 32.0 Å². The zero-order chi connectivity index (χ0) is 18.7. The molecule has 0 spiro atoms. The van der Waals surface area contributed by atoms with E-state index < -0.39 is 0 Å². The molecule has 1 aromatic heterocycles. The van der Waals surface area contributed by atoms with Gasteiger partial charge in [-0.05, 0) is 30.3 Å². The second kappa shape index (κ2) is 7.35. The number of anilines is 1. The molecular formula is C19H19FN4O2. The Labute approximate surface area is 150 Å². The number of amides is 1. The van der Waals surface area contributed by atoms with Gasteiger partial charge in [0.1, 0.15) is 5.82 Å². The van der Waals surface area contributed by atoms with E-state index in [2.05, 4.69) is 15.4 Å². The highest BCUT2D eigenvalue weighted by atomic mass is 19.1. The molecule has 0 aliphatic carbocycles. The summed E-state index contributed by atoms with van der Waals surface area (Å²) in [5.41, 5.74) is 1.87. The highest BCUT2D eigenvalue weighted by Crippen LogP contribution is 2.25. The third kappa shape index (κ3) is 3.72. The van der Waals surface area contributed by atoms with Gasteiger partial charge in [-0.25, -0.2) is 9.07 Å². The molecule has 0 aliphatic rings. The molecule has 1 amide bonds. The van der Waals surface area contributed by atoms with Crippen molar-refractivity contribution in [3.8, 4) is 23.1 Å². The van der Waals surface area contributed by atoms with E-state index >= 15 is 0 Å². The van der Waals surface area contributed by atoms with Crippen LogP contribution in [-0.4, -0.2) is 27.8 Å². The fourth-order valence-corrected chi connectivity index (χ4v) is 2.38. The van der Waals surface area contributed by atoms with Crippen molar-refractivity contribution in [1.82, 2.24) is 14.8 Å². The number of carbonyl (C=O) groups is 1. The first kappa shape index (κ1) is 17.6. The van der Waals surface area contributed by atoms with Gasteiger partial charge in [0.15, 0.2) is 5.82 Å². The lowest BCUT2D eigenvalue weighted by atomic mass is 10.2. The molecule has 1 N–H and O–H groups in total. The molecule has 3 rings (SSSR count). The Balaban J connectivity index is 2.04. The van der Waals surface area contributed by atoms with E-state index in [4.69, 9.17) is 4.74 Å². The minimum absolute atomic E-state index is 0.0799. The highest BCUT2D eigenvalue weighted by Gasteiger charge is 2.15. The molecule has 26 heavy (non-hydrogen) atoms. The van der Waals surface area contributed by atoms with Gasteiger partial charge in [-0.3, -0.25) is 4.79 Å². The smallest absolute Gasteiger partial charge is 0.336 e. The molecule has 0 unspecified atom stereocenters. The summed E-state index contributed by atoms with van der Waals surface area (Å²) in [6.07, 6.45) is 0. The maximum atomic E-state index is 13.6. The topological polar surface area (TPSA) is 69.0 Å². The second-order valence-electron chi connectivity index (χ2n) is 6.04. The number of hydrogen-bond donors (Lipinski definition) is 1. The normalized spacial score (nSPS) is 10.8. The van der Waals surface area contributed by atoms with Gasteiger partial charge >= 0.3 is 6.01 Å². The van der Waals surface area contributed by atoms with Crippen molar-refractivity contribution in [2.24, 2.45) is 5.92 Å². The Bertz CT molecular complexity index is 937. The fourth-order valence-electron chi connectivity index (χ4n) is 2.38. The SMILES string of the molecule is COc1nc(-c2cccc(F)c2)n(-c2cccc(NC(=O)C(C)C)c2)n1. The molecule has 0 radical (unpaired) electrons. The quantitative estimate of drug-likeness (QED) is 0.759. The van der Waals surface area contributed by atoms with Crippen LogP contribution in [0, 0.1) is 11.7 Å². The maximum absolute atomic E-state index is 13.6. The van der Waals surface area contributed by atoms with Crippen molar-refractivity contribution < 1.29 is 13.9 Å². The minimum Gasteiger partial charge on any atom is -0.466 e. The lowest BCUT2D eigenvalue weighted by molar-refractivity contribution is -0.118. The predicted molar refractivity (Wildman–Crippen MR) is 96.8 cm³/mol. The van der Waals surface area contributed by atoms with E-state index in [1.807, 2.05) is 19.9 Å². The summed E-state index contributed by atoms with van der Waals surface area (Å²) in [5.74, 6) is -0.140. The first-order valence-corrected chi connectivity index (χ1v) is 8.16. The number of nitrogens with zero attached hydrogens (tertiary/aromatic N) is 3. The fraction of sp³-hybridized carbons (Fsp3) is 0.211. The van der Waals surface area contributed by atoms with Crippen LogP contribution in [0.25, 0.3) is 17.1 Å². The van der Waals surface area contributed by atoms with Gasteiger partial charge in [-0.15, -0.1) is 5.10 Å².